The van der Waals surface area contributed by atoms with Crippen LogP contribution in [-0.2, 0) is 20.8 Å². The fourth-order valence-electron chi connectivity index (χ4n) is 2.40. The van der Waals surface area contributed by atoms with Gasteiger partial charge in [0.15, 0.2) is 0 Å². The molecule has 0 heterocycles. The molecule has 0 bridgehead atoms. The van der Waals surface area contributed by atoms with E-state index in [0.29, 0.717) is 23.6 Å². The van der Waals surface area contributed by atoms with Crippen LogP contribution in [0.15, 0.2) is 78.9 Å². The van der Waals surface area contributed by atoms with Crippen molar-refractivity contribution in [2.75, 3.05) is 5.32 Å². The minimum atomic E-state index is -0.0353. The second-order valence-electron chi connectivity index (χ2n) is 5.70. The van der Waals surface area contributed by atoms with Crippen molar-refractivity contribution in [2.24, 2.45) is 0 Å². The molecule has 0 unspecified atom stereocenters. The van der Waals surface area contributed by atoms with Crippen LogP contribution in [0.25, 0.3) is 0 Å². The van der Waals surface area contributed by atoms with Crippen molar-refractivity contribution < 1.29 is 19.1 Å². The van der Waals surface area contributed by atoms with E-state index in [1.807, 2.05) is 66.7 Å². The van der Waals surface area contributed by atoms with Crippen molar-refractivity contribution in [3.05, 3.63) is 89.4 Å². The van der Waals surface area contributed by atoms with Crippen molar-refractivity contribution in [1.29, 1.82) is 0 Å². The molecule has 0 aliphatic rings. The molecule has 5 nitrogen and oxygen atoms in total. The molecule has 0 fully saturated rings. The first-order chi connectivity index (χ1) is 13.6. The number of ether oxygens (including phenoxy) is 1. The van der Waals surface area contributed by atoms with E-state index in [-0.39, 0.29) is 12.1 Å². The van der Waals surface area contributed by atoms with Gasteiger partial charge in [0.1, 0.15) is 11.5 Å². The molecule has 0 aromatic heterocycles. The molecule has 3 aromatic carbocycles. The van der Waals surface area contributed by atoms with Gasteiger partial charge in [-0.1, -0.05) is 48.0 Å². The van der Waals surface area contributed by atoms with E-state index in [4.69, 9.17) is 25.9 Å². The Balaban J connectivity index is 0.000000878. The molecule has 28 heavy (non-hydrogen) atoms. The van der Waals surface area contributed by atoms with Crippen molar-refractivity contribution in [1.82, 2.24) is 0 Å². The monoisotopic (exact) mass is 395 g/mol. The first-order valence-corrected chi connectivity index (χ1v) is 8.85. The Hall–Kier alpha value is -3.40. The SMILES string of the molecule is O=C(CCc1ccc(Oc2ccccc2)cc1)Nc1cccc(Cl)c1.O=C=O. The summed E-state index contributed by atoms with van der Waals surface area (Å²) in [4.78, 5) is 28.3. The van der Waals surface area contributed by atoms with Crippen molar-refractivity contribution in [3.8, 4) is 11.5 Å². The molecule has 0 saturated heterocycles. The number of aryl methyl sites for hydroxylation is 1. The standard InChI is InChI=1S/C21H18ClNO2.CO2/c22-17-5-4-6-18(15-17)23-21(24)14-11-16-9-12-20(13-10-16)25-19-7-2-1-3-8-19;2-1-3/h1-10,12-13,15H,11,14H2,(H,23,24);. The van der Waals surface area contributed by atoms with Gasteiger partial charge >= 0.3 is 6.15 Å². The number of hydrogen-bond acceptors (Lipinski definition) is 4. The van der Waals surface area contributed by atoms with Gasteiger partial charge in [0.05, 0.1) is 0 Å². The number of carbonyl (C=O) groups is 1. The van der Waals surface area contributed by atoms with Gasteiger partial charge in [0.25, 0.3) is 0 Å². The Bertz CT molecular complexity index is 921. The quantitative estimate of drug-likeness (QED) is 0.628. The van der Waals surface area contributed by atoms with E-state index in [9.17, 15) is 4.79 Å². The average Bonchev–Trinajstić information content (AvgIpc) is 2.69. The fraction of sp³-hybridized carbons (Fsp3) is 0.0909. The maximum absolute atomic E-state index is 12.0. The van der Waals surface area contributed by atoms with Crippen LogP contribution in [-0.4, -0.2) is 12.1 Å². The van der Waals surface area contributed by atoms with Gasteiger partial charge in [-0.15, -0.1) is 0 Å². The third-order valence-electron chi connectivity index (χ3n) is 3.65. The molecular weight excluding hydrogens is 378 g/mol. The summed E-state index contributed by atoms with van der Waals surface area (Å²) < 4.78 is 5.76. The second-order valence-corrected chi connectivity index (χ2v) is 6.14. The summed E-state index contributed by atoms with van der Waals surface area (Å²) in [6, 6.07) is 24.6. The molecule has 1 N–H and O–H groups in total. The van der Waals surface area contributed by atoms with Crippen LogP contribution in [0.3, 0.4) is 0 Å². The molecule has 0 spiro atoms. The van der Waals surface area contributed by atoms with Gasteiger partial charge in [-0.05, 0) is 54.4 Å². The maximum atomic E-state index is 12.0. The first kappa shape index (κ1) is 20.9. The Kier molecular flexibility index (Phi) is 8.47. The number of benzene rings is 3. The van der Waals surface area contributed by atoms with Gasteiger partial charge < -0.3 is 10.1 Å². The molecular formula is C22H18ClNO4. The van der Waals surface area contributed by atoms with Crippen LogP contribution in [0.5, 0.6) is 11.5 Å². The van der Waals surface area contributed by atoms with E-state index >= 15 is 0 Å². The maximum Gasteiger partial charge on any atom is 0.373 e. The Morgan fingerprint density at radius 1 is 0.893 bits per heavy atom. The Morgan fingerprint density at radius 2 is 1.54 bits per heavy atom. The molecule has 6 heteroatoms. The minimum Gasteiger partial charge on any atom is -0.457 e. The Labute approximate surface area is 167 Å². The molecule has 3 rings (SSSR count). The molecule has 0 radical (unpaired) electrons. The van der Waals surface area contributed by atoms with Gasteiger partial charge in [-0.3, -0.25) is 4.79 Å². The van der Waals surface area contributed by atoms with Crippen molar-refractivity contribution in [2.45, 2.75) is 12.8 Å². The largest absolute Gasteiger partial charge is 0.457 e. The molecule has 0 saturated carbocycles. The molecule has 0 atom stereocenters. The predicted molar refractivity (Wildman–Crippen MR) is 106 cm³/mol. The molecule has 142 valence electrons. The molecule has 0 aliphatic heterocycles. The van der Waals surface area contributed by atoms with Gasteiger partial charge in [-0.2, -0.15) is 9.59 Å². The van der Waals surface area contributed by atoms with E-state index in [0.717, 1.165) is 17.1 Å². The fourth-order valence-corrected chi connectivity index (χ4v) is 2.59. The summed E-state index contributed by atoms with van der Waals surface area (Å²) in [7, 11) is 0. The topological polar surface area (TPSA) is 72.5 Å². The lowest BCUT2D eigenvalue weighted by atomic mass is 10.1. The first-order valence-electron chi connectivity index (χ1n) is 8.47. The summed E-state index contributed by atoms with van der Waals surface area (Å²) in [5, 5.41) is 3.45. The van der Waals surface area contributed by atoms with Crippen LogP contribution < -0.4 is 10.1 Å². The number of carbonyl (C=O) groups excluding carboxylic acids is 3. The predicted octanol–water partition coefficient (Wildman–Crippen LogP) is 5.12. The summed E-state index contributed by atoms with van der Waals surface area (Å²) >= 11 is 5.91. The van der Waals surface area contributed by atoms with Crippen LogP contribution in [0, 0.1) is 0 Å². The zero-order valence-corrected chi connectivity index (χ0v) is 15.7. The lowest BCUT2D eigenvalue weighted by Gasteiger charge is -2.08. The highest BCUT2D eigenvalue weighted by Gasteiger charge is 2.04. The van der Waals surface area contributed by atoms with Gasteiger partial charge in [0.2, 0.25) is 5.91 Å². The molecule has 3 aromatic rings. The average molecular weight is 396 g/mol. The number of rotatable bonds is 6. The third kappa shape index (κ3) is 7.46. The third-order valence-corrected chi connectivity index (χ3v) is 3.89. The molecule has 0 aliphatic carbocycles. The van der Waals surface area contributed by atoms with Crippen LogP contribution >= 0.6 is 11.6 Å². The van der Waals surface area contributed by atoms with Gasteiger partial charge in [0, 0.05) is 17.1 Å². The highest BCUT2D eigenvalue weighted by atomic mass is 35.5. The van der Waals surface area contributed by atoms with Crippen molar-refractivity contribution in [3.63, 3.8) is 0 Å². The zero-order valence-electron chi connectivity index (χ0n) is 14.9. The number of halogens is 1. The summed E-state index contributed by atoms with van der Waals surface area (Å²) in [5.74, 6) is 1.54. The van der Waals surface area contributed by atoms with Crippen LogP contribution in [0.2, 0.25) is 5.02 Å². The lowest BCUT2D eigenvalue weighted by Crippen LogP contribution is -2.12. The smallest absolute Gasteiger partial charge is 0.373 e. The second kappa shape index (κ2) is 11.3. The summed E-state index contributed by atoms with van der Waals surface area (Å²) in [5.41, 5.74) is 1.80. The number of amides is 1. The van der Waals surface area contributed by atoms with E-state index in [1.165, 1.54) is 0 Å². The zero-order chi connectivity index (χ0) is 20.2. The van der Waals surface area contributed by atoms with E-state index in [1.54, 1.807) is 12.1 Å². The van der Waals surface area contributed by atoms with Crippen molar-refractivity contribution >= 4 is 29.3 Å². The molecule has 1 amide bonds. The number of anilines is 1. The number of para-hydroxylation sites is 1. The van der Waals surface area contributed by atoms with E-state index < -0.39 is 0 Å². The van der Waals surface area contributed by atoms with E-state index in [2.05, 4.69) is 5.32 Å². The van der Waals surface area contributed by atoms with Crippen LogP contribution in [0.4, 0.5) is 5.69 Å². The summed E-state index contributed by atoms with van der Waals surface area (Å²) in [6.45, 7) is 0. The normalized spacial score (nSPS) is 9.46. The highest BCUT2D eigenvalue weighted by Crippen LogP contribution is 2.21. The van der Waals surface area contributed by atoms with Crippen LogP contribution in [0.1, 0.15) is 12.0 Å². The lowest BCUT2D eigenvalue weighted by molar-refractivity contribution is -0.191. The minimum absolute atomic E-state index is 0.0353. The number of nitrogens with one attached hydrogen (secondary N) is 1. The highest BCUT2D eigenvalue weighted by molar-refractivity contribution is 6.30. The number of hydrogen-bond donors (Lipinski definition) is 1. The summed E-state index contributed by atoms with van der Waals surface area (Å²) in [6.07, 6.45) is 1.32. The Morgan fingerprint density at radius 3 is 2.18 bits per heavy atom. The van der Waals surface area contributed by atoms with Gasteiger partial charge in [-0.25, -0.2) is 0 Å².